The molecule has 0 aliphatic carbocycles. The van der Waals surface area contributed by atoms with Crippen LogP contribution in [0.4, 0.5) is 0 Å². The SMILES string of the molecule is CCCCS(=O)(=O)NC1COc2ccc(S(N)(=O)=O)cc21. The number of hydrogen-bond donors (Lipinski definition) is 2. The Morgan fingerprint density at radius 1 is 1.33 bits per heavy atom. The fraction of sp³-hybridized carbons (Fsp3) is 0.500. The third kappa shape index (κ3) is 3.94. The summed E-state index contributed by atoms with van der Waals surface area (Å²) in [5, 5.41) is 5.08. The van der Waals surface area contributed by atoms with E-state index in [2.05, 4.69) is 4.72 Å². The monoisotopic (exact) mass is 334 g/mol. The molecule has 0 fully saturated rings. The topological polar surface area (TPSA) is 116 Å². The summed E-state index contributed by atoms with van der Waals surface area (Å²) in [5.41, 5.74) is 0.488. The molecule has 3 N–H and O–H groups in total. The summed E-state index contributed by atoms with van der Waals surface area (Å²) in [6.45, 7) is 2.04. The van der Waals surface area contributed by atoms with Crippen LogP contribution in [-0.2, 0) is 20.0 Å². The summed E-state index contributed by atoms with van der Waals surface area (Å²) < 4.78 is 54.5. The quantitative estimate of drug-likeness (QED) is 0.785. The van der Waals surface area contributed by atoms with Gasteiger partial charge in [-0.05, 0) is 24.6 Å². The van der Waals surface area contributed by atoms with Crippen molar-refractivity contribution in [2.45, 2.75) is 30.7 Å². The van der Waals surface area contributed by atoms with Crippen molar-refractivity contribution in [3.63, 3.8) is 0 Å². The molecule has 0 spiro atoms. The minimum atomic E-state index is -3.84. The van der Waals surface area contributed by atoms with Crippen LogP contribution >= 0.6 is 0 Å². The van der Waals surface area contributed by atoms with Crippen LogP contribution in [0.1, 0.15) is 31.4 Å². The van der Waals surface area contributed by atoms with Crippen molar-refractivity contribution in [1.29, 1.82) is 0 Å². The fourth-order valence-electron chi connectivity index (χ4n) is 2.08. The summed E-state index contributed by atoms with van der Waals surface area (Å²) in [5.74, 6) is 0.495. The van der Waals surface area contributed by atoms with E-state index in [1.165, 1.54) is 18.2 Å². The number of fused-ring (bicyclic) bond motifs is 1. The van der Waals surface area contributed by atoms with Gasteiger partial charge < -0.3 is 4.74 Å². The maximum atomic E-state index is 11.9. The molecule has 1 aliphatic rings. The Balaban J connectivity index is 2.25. The van der Waals surface area contributed by atoms with Gasteiger partial charge in [0.05, 0.1) is 16.7 Å². The highest BCUT2D eigenvalue weighted by molar-refractivity contribution is 7.89. The Morgan fingerprint density at radius 2 is 2.05 bits per heavy atom. The summed E-state index contributed by atoms with van der Waals surface area (Å²) in [7, 11) is -7.27. The molecule has 0 saturated heterocycles. The second kappa shape index (κ2) is 5.91. The van der Waals surface area contributed by atoms with Crippen molar-refractivity contribution in [2.75, 3.05) is 12.4 Å². The standard InChI is InChI=1S/C12H18N2O5S2/c1-2-3-6-20(15,16)14-11-8-19-12-5-4-9(7-10(11)12)21(13,17)18/h4-5,7,11,14H,2-3,6,8H2,1H3,(H2,13,17,18). The van der Waals surface area contributed by atoms with E-state index >= 15 is 0 Å². The summed E-state index contributed by atoms with van der Waals surface area (Å²) in [4.78, 5) is -0.0653. The zero-order valence-corrected chi connectivity index (χ0v) is 13.2. The average molecular weight is 334 g/mol. The minimum absolute atomic E-state index is 0.0320. The van der Waals surface area contributed by atoms with Gasteiger partial charge in [-0.2, -0.15) is 0 Å². The van der Waals surface area contributed by atoms with Gasteiger partial charge in [0.1, 0.15) is 12.4 Å². The van der Waals surface area contributed by atoms with Gasteiger partial charge in [0.2, 0.25) is 20.0 Å². The molecule has 0 radical (unpaired) electrons. The molecular formula is C12H18N2O5S2. The molecule has 2 rings (SSSR count). The predicted octanol–water partition coefficient (Wildman–Crippen LogP) is 0.487. The predicted molar refractivity (Wildman–Crippen MR) is 77.9 cm³/mol. The van der Waals surface area contributed by atoms with Crippen LogP contribution in [0.25, 0.3) is 0 Å². The molecule has 1 heterocycles. The molecule has 118 valence electrons. The number of unbranched alkanes of at least 4 members (excludes halogenated alkanes) is 1. The second-order valence-corrected chi connectivity index (χ2v) is 8.33. The Kier molecular flexibility index (Phi) is 4.57. The van der Waals surface area contributed by atoms with Crippen LogP contribution < -0.4 is 14.6 Å². The highest BCUT2D eigenvalue weighted by atomic mass is 32.2. The molecule has 1 unspecified atom stereocenters. The molecule has 1 aromatic rings. The lowest BCUT2D eigenvalue weighted by atomic mass is 10.1. The second-order valence-electron chi connectivity index (χ2n) is 4.90. The number of primary sulfonamides is 1. The van der Waals surface area contributed by atoms with Gasteiger partial charge >= 0.3 is 0 Å². The van der Waals surface area contributed by atoms with Gasteiger partial charge in [0, 0.05) is 5.56 Å². The number of sulfonamides is 2. The van der Waals surface area contributed by atoms with Crippen molar-refractivity contribution >= 4 is 20.0 Å². The Labute approximate surface area is 124 Å². The first kappa shape index (κ1) is 16.2. The molecule has 7 nitrogen and oxygen atoms in total. The van der Waals surface area contributed by atoms with Crippen molar-refractivity contribution in [2.24, 2.45) is 5.14 Å². The van der Waals surface area contributed by atoms with Crippen molar-refractivity contribution in [3.05, 3.63) is 23.8 Å². The van der Waals surface area contributed by atoms with E-state index in [9.17, 15) is 16.8 Å². The van der Waals surface area contributed by atoms with Gasteiger partial charge in [-0.15, -0.1) is 0 Å². The third-order valence-electron chi connectivity index (χ3n) is 3.18. The molecule has 0 amide bonds. The highest BCUT2D eigenvalue weighted by Gasteiger charge is 2.29. The van der Waals surface area contributed by atoms with E-state index in [1.807, 2.05) is 6.92 Å². The van der Waals surface area contributed by atoms with Gasteiger partial charge in [-0.3, -0.25) is 0 Å². The molecular weight excluding hydrogens is 316 g/mol. The fourth-order valence-corrected chi connectivity index (χ4v) is 4.04. The van der Waals surface area contributed by atoms with E-state index in [0.29, 0.717) is 17.7 Å². The first-order chi connectivity index (χ1) is 9.73. The van der Waals surface area contributed by atoms with Crippen LogP contribution in [-0.4, -0.2) is 29.2 Å². The smallest absolute Gasteiger partial charge is 0.238 e. The first-order valence-corrected chi connectivity index (χ1v) is 9.72. The molecule has 1 aromatic carbocycles. The van der Waals surface area contributed by atoms with Crippen LogP contribution in [0, 0.1) is 0 Å². The molecule has 0 saturated carbocycles. The number of rotatable bonds is 6. The lowest BCUT2D eigenvalue weighted by Crippen LogP contribution is -2.31. The molecule has 21 heavy (non-hydrogen) atoms. The molecule has 1 atom stereocenters. The molecule has 0 bridgehead atoms. The van der Waals surface area contributed by atoms with E-state index in [0.717, 1.165) is 6.42 Å². The van der Waals surface area contributed by atoms with Crippen molar-refractivity contribution in [3.8, 4) is 5.75 Å². The normalized spacial score (nSPS) is 18.3. The van der Waals surface area contributed by atoms with Gasteiger partial charge in [-0.25, -0.2) is 26.7 Å². The maximum absolute atomic E-state index is 11.9. The minimum Gasteiger partial charge on any atom is -0.491 e. The van der Waals surface area contributed by atoms with Crippen LogP contribution in [0.3, 0.4) is 0 Å². The molecule has 0 aromatic heterocycles. The third-order valence-corrected chi connectivity index (χ3v) is 5.56. The zero-order chi connectivity index (χ0) is 15.7. The van der Waals surface area contributed by atoms with E-state index < -0.39 is 26.1 Å². The average Bonchev–Trinajstić information content (AvgIpc) is 2.77. The van der Waals surface area contributed by atoms with Crippen molar-refractivity contribution < 1.29 is 21.6 Å². The van der Waals surface area contributed by atoms with Crippen LogP contribution in [0.5, 0.6) is 5.75 Å². The van der Waals surface area contributed by atoms with Gasteiger partial charge in [0.15, 0.2) is 0 Å². The van der Waals surface area contributed by atoms with Crippen LogP contribution in [0.2, 0.25) is 0 Å². The lowest BCUT2D eigenvalue weighted by molar-refractivity contribution is 0.325. The molecule has 9 heteroatoms. The Bertz CT molecular complexity index is 728. The van der Waals surface area contributed by atoms with Gasteiger partial charge in [-0.1, -0.05) is 13.3 Å². The number of ether oxygens (including phenoxy) is 1. The van der Waals surface area contributed by atoms with E-state index in [-0.39, 0.29) is 17.3 Å². The Hall–Kier alpha value is -1.16. The summed E-state index contributed by atoms with van der Waals surface area (Å²) in [6.07, 6.45) is 1.33. The largest absolute Gasteiger partial charge is 0.491 e. The number of hydrogen-bond acceptors (Lipinski definition) is 5. The zero-order valence-electron chi connectivity index (χ0n) is 11.6. The summed E-state index contributed by atoms with van der Waals surface area (Å²) in [6, 6.07) is 3.57. The number of benzene rings is 1. The maximum Gasteiger partial charge on any atom is 0.238 e. The molecule has 1 aliphatic heterocycles. The number of nitrogens with one attached hydrogen (secondary N) is 1. The lowest BCUT2D eigenvalue weighted by Gasteiger charge is -2.12. The summed E-state index contributed by atoms with van der Waals surface area (Å²) >= 11 is 0. The Morgan fingerprint density at radius 3 is 2.67 bits per heavy atom. The van der Waals surface area contributed by atoms with Crippen molar-refractivity contribution in [1.82, 2.24) is 4.72 Å². The van der Waals surface area contributed by atoms with Gasteiger partial charge in [0.25, 0.3) is 0 Å². The van der Waals surface area contributed by atoms with E-state index in [4.69, 9.17) is 9.88 Å². The van der Waals surface area contributed by atoms with Crippen LogP contribution in [0.15, 0.2) is 23.1 Å². The number of nitrogens with two attached hydrogens (primary N) is 1. The first-order valence-electron chi connectivity index (χ1n) is 6.52. The highest BCUT2D eigenvalue weighted by Crippen LogP contribution is 2.34. The van der Waals surface area contributed by atoms with E-state index in [1.54, 1.807) is 0 Å².